The molecule has 0 aliphatic heterocycles. The molecule has 2 rings (SSSR count). The van der Waals surface area contributed by atoms with Crippen LogP contribution in [0.4, 0.5) is 0 Å². The Morgan fingerprint density at radius 2 is 2.12 bits per heavy atom. The van der Waals surface area contributed by atoms with Crippen molar-refractivity contribution in [3.05, 3.63) is 52.2 Å². The fourth-order valence-electron chi connectivity index (χ4n) is 1.55. The van der Waals surface area contributed by atoms with E-state index >= 15 is 0 Å². The number of aryl methyl sites for hydroxylation is 1. The highest BCUT2D eigenvalue weighted by Gasteiger charge is 2.12. The quantitative estimate of drug-likeness (QED) is 0.833. The SMILES string of the molecule is Cc1ccccc1SC(CN)c1ccsc1. The molecule has 0 saturated heterocycles. The minimum absolute atomic E-state index is 0.368. The molecule has 0 bridgehead atoms. The topological polar surface area (TPSA) is 26.0 Å². The molecule has 1 atom stereocenters. The molecule has 1 aromatic heterocycles. The molecular weight excluding hydrogens is 234 g/mol. The molecule has 1 unspecified atom stereocenters. The Morgan fingerprint density at radius 3 is 2.75 bits per heavy atom. The first kappa shape index (κ1) is 11.7. The zero-order valence-electron chi connectivity index (χ0n) is 9.22. The van der Waals surface area contributed by atoms with Crippen LogP contribution < -0.4 is 5.73 Å². The van der Waals surface area contributed by atoms with Gasteiger partial charge in [0.1, 0.15) is 0 Å². The van der Waals surface area contributed by atoms with Gasteiger partial charge in [0.15, 0.2) is 0 Å². The lowest BCUT2D eigenvalue weighted by atomic mass is 10.2. The summed E-state index contributed by atoms with van der Waals surface area (Å²) in [7, 11) is 0. The average Bonchev–Trinajstić information content (AvgIpc) is 2.81. The van der Waals surface area contributed by atoms with Gasteiger partial charge in [-0.25, -0.2) is 0 Å². The average molecular weight is 249 g/mol. The number of rotatable bonds is 4. The van der Waals surface area contributed by atoms with Gasteiger partial charge >= 0.3 is 0 Å². The van der Waals surface area contributed by atoms with Gasteiger partial charge in [-0.1, -0.05) is 18.2 Å². The van der Waals surface area contributed by atoms with Crippen molar-refractivity contribution >= 4 is 23.1 Å². The maximum Gasteiger partial charge on any atom is 0.0475 e. The Kier molecular flexibility index (Phi) is 4.04. The minimum Gasteiger partial charge on any atom is -0.329 e. The maximum atomic E-state index is 5.85. The molecule has 16 heavy (non-hydrogen) atoms. The molecule has 1 aromatic carbocycles. The van der Waals surface area contributed by atoms with Crippen molar-refractivity contribution in [1.29, 1.82) is 0 Å². The van der Waals surface area contributed by atoms with Gasteiger partial charge in [-0.3, -0.25) is 0 Å². The van der Waals surface area contributed by atoms with E-state index in [1.54, 1.807) is 11.3 Å². The third-order valence-corrected chi connectivity index (χ3v) is 4.65. The molecule has 1 heterocycles. The summed E-state index contributed by atoms with van der Waals surface area (Å²) in [5.74, 6) is 0. The molecule has 84 valence electrons. The van der Waals surface area contributed by atoms with E-state index in [1.807, 2.05) is 11.8 Å². The van der Waals surface area contributed by atoms with Crippen molar-refractivity contribution in [2.45, 2.75) is 17.1 Å². The molecule has 2 N–H and O–H groups in total. The van der Waals surface area contributed by atoms with Crippen molar-refractivity contribution < 1.29 is 0 Å². The molecule has 0 radical (unpaired) electrons. The van der Waals surface area contributed by atoms with Crippen LogP contribution in [0.2, 0.25) is 0 Å². The van der Waals surface area contributed by atoms with Crippen LogP contribution in [0, 0.1) is 6.92 Å². The van der Waals surface area contributed by atoms with Gasteiger partial charge in [-0.2, -0.15) is 11.3 Å². The third kappa shape index (κ3) is 2.67. The number of hydrogen-bond acceptors (Lipinski definition) is 3. The zero-order chi connectivity index (χ0) is 11.4. The van der Waals surface area contributed by atoms with Crippen LogP contribution in [-0.2, 0) is 0 Å². The van der Waals surface area contributed by atoms with Gasteiger partial charge in [0.25, 0.3) is 0 Å². The second-order valence-corrected chi connectivity index (χ2v) is 5.69. The molecule has 0 aliphatic rings. The summed E-state index contributed by atoms with van der Waals surface area (Å²) in [6, 6.07) is 10.6. The van der Waals surface area contributed by atoms with E-state index in [0.29, 0.717) is 11.8 Å². The number of benzene rings is 1. The first-order chi connectivity index (χ1) is 7.81. The number of nitrogens with two attached hydrogens (primary N) is 1. The molecule has 3 heteroatoms. The van der Waals surface area contributed by atoms with E-state index in [9.17, 15) is 0 Å². The Hall–Kier alpha value is -0.770. The van der Waals surface area contributed by atoms with Crippen molar-refractivity contribution in [2.24, 2.45) is 5.73 Å². The molecule has 0 amide bonds. The van der Waals surface area contributed by atoms with E-state index in [2.05, 4.69) is 48.0 Å². The summed E-state index contributed by atoms with van der Waals surface area (Å²) in [5.41, 5.74) is 8.50. The first-order valence-electron chi connectivity index (χ1n) is 5.25. The van der Waals surface area contributed by atoms with Gasteiger partial charge in [-0.05, 0) is 40.9 Å². The normalized spacial score (nSPS) is 12.6. The summed E-state index contributed by atoms with van der Waals surface area (Å²) < 4.78 is 0. The van der Waals surface area contributed by atoms with Crippen LogP contribution in [0.5, 0.6) is 0 Å². The molecule has 2 aromatic rings. The lowest BCUT2D eigenvalue weighted by molar-refractivity contribution is 0.945. The maximum absolute atomic E-state index is 5.85. The Morgan fingerprint density at radius 1 is 1.31 bits per heavy atom. The fraction of sp³-hybridized carbons (Fsp3) is 0.231. The van der Waals surface area contributed by atoms with Gasteiger partial charge in [-0.15, -0.1) is 11.8 Å². The fourth-order valence-corrected chi connectivity index (χ4v) is 3.45. The largest absolute Gasteiger partial charge is 0.329 e. The van der Waals surface area contributed by atoms with Crippen molar-refractivity contribution in [3.8, 4) is 0 Å². The highest BCUT2D eigenvalue weighted by atomic mass is 32.2. The molecular formula is C13H15NS2. The smallest absolute Gasteiger partial charge is 0.0475 e. The highest BCUT2D eigenvalue weighted by molar-refractivity contribution is 7.99. The van der Waals surface area contributed by atoms with Crippen LogP contribution >= 0.6 is 23.1 Å². The van der Waals surface area contributed by atoms with E-state index in [0.717, 1.165) is 0 Å². The zero-order valence-corrected chi connectivity index (χ0v) is 10.9. The van der Waals surface area contributed by atoms with Crippen LogP contribution in [0.1, 0.15) is 16.4 Å². The van der Waals surface area contributed by atoms with E-state index in [4.69, 9.17) is 5.73 Å². The molecule has 0 aliphatic carbocycles. The Labute approximate surface area is 105 Å². The lowest BCUT2D eigenvalue weighted by Crippen LogP contribution is -2.08. The van der Waals surface area contributed by atoms with E-state index < -0.39 is 0 Å². The standard InChI is InChI=1S/C13H15NS2/c1-10-4-2-3-5-12(10)16-13(8-14)11-6-7-15-9-11/h2-7,9,13H,8,14H2,1H3. The highest BCUT2D eigenvalue weighted by Crippen LogP contribution is 2.36. The Balaban J connectivity index is 2.17. The summed E-state index contributed by atoms with van der Waals surface area (Å²) >= 11 is 3.58. The van der Waals surface area contributed by atoms with Gasteiger partial charge < -0.3 is 5.73 Å². The molecule has 0 saturated carbocycles. The van der Waals surface area contributed by atoms with E-state index in [-0.39, 0.29) is 0 Å². The Bertz CT molecular complexity index is 437. The summed E-state index contributed by atoms with van der Waals surface area (Å²) in [5, 5.41) is 4.66. The van der Waals surface area contributed by atoms with Crippen molar-refractivity contribution in [2.75, 3.05) is 6.54 Å². The summed E-state index contributed by atoms with van der Waals surface area (Å²) in [4.78, 5) is 1.32. The number of thiophene rings is 1. The van der Waals surface area contributed by atoms with Gasteiger partial charge in [0.05, 0.1) is 0 Å². The molecule has 0 spiro atoms. The predicted octanol–water partition coefficient (Wildman–Crippen LogP) is 3.85. The van der Waals surface area contributed by atoms with Crippen molar-refractivity contribution in [3.63, 3.8) is 0 Å². The second-order valence-electron chi connectivity index (χ2n) is 3.66. The van der Waals surface area contributed by atoms with Gasteiger partial charge in [0, 0.05) is 16.7 Å². The van der Waals surface area contributed by atoms with E-state index in [1.165, 1.54) is 16.0 Å². The number of thioether (sulfide) groups is 1. The molecule has 1 nitrogen and oxygen atoms in total. The predicted molar refractivity (Wildman–Crippen MR) is 73.2 cm³/mol. The summed E-state index contributed by atoms with van der Waals surface area (Å²) in [6.07, 6.45) is 0. The van der Waals surface area contributed by atoms with Gasteiger partial charge in [0.2, 0.25) is 0 Å². The van der Waals surface area contributed by atoms with Crippen LogP contribution in [0.25, 0.3) is 0 Å². The second kappa shape index (κ2) is 5.53. The summed E-state index contributed by atoms with van der Waals surface area (Å²) in [6.45, 7) is 2.82. The van der Waals surface area contributed by atoms with Crippen LogP contribution in [0.3, 0.4) is 0 Å². The minimum atomic E-state index is 0.368. The number of hydrogen-bond donors (Lipinski definition) is 1. The molecule has 0 fully saturated rings. The first-order valence-corrected chi connectivity index (χ1v) is 7.08. The van der Waals surface area contributed by atoms with Crippen LogP contribution in [0.15, 0.2) is 46.0 Å². The van der Waals surface area contributed by atoms with Crippen LogP contribution in [-0.4, -0.2) is 6.54 Å². The third-order valence-electron chi connectivity index (χ3n) is 2.49. The monoisotopic (exact) mass is 249 g/mol. The van der Waals surface area contributed by atoms with Crippen molar-refractivity contribution in [1.82, 2.24) is 0 Å². The lowest BCUT2D eigenvalue weighted by Gasteiger charge is -2.14.